The predicted molar refractivity (Wildman–Crippen MR) is 127 cm³/mol. The Balaban J connectivity index is 2.00. The fourth-order valence-electron chi connectivity index (χ4n) is 3.24. The van der Waals surface area contributed by atoms with Crippen LogP contribution in [-0.2, 0) is 16.0 Å². The van der Waals surface area contributed by atoms with Crippen molar-refractivity contribution in [2.24, 2.45) is 0 Å². The fourth-order valence-corrected chi connectivity index (χ4v) is 3.24. The second-order valence-electron chi connectivity index (χ2n) is 7.92. The van der Waals surface area contributed by atoms with E-state index in [-0.39, 0.29) is 17.9 Å². The molecule has 0 fully saturated rings. The largest absolute Gasteiger partial charge is 0.508 e. The second kappa shape index (κ2) is 12.4. The minimum Gasteiger partial charge on any atom is -0.508 e. The number of phenolic OH excluding ortho intramolecular Hbond substituents is 1. The molecule has 11 nitrogen and oxygen atoms in total. The number of hydrogen-bond donors (Lipinski definition) is 4. The zero-order valence-corrected chi connectivity index (χ0v) is 20.1. The molecule has 0 saturated heterocycles. The molecule has 1 aromatic heterocycles. The number of hydrogen-bond acceptors (Lipinski definition) is 8. The van der Waals surface area contributed by atoms with Gasteiger partial charge in [0, 0.05) is 20.6 Å². The highest BCUT2D eigenvalue weighted by Gasteiger charge is 2.25. The van der Waals surface area contributed by atoms with Gasteiger partial charge >= 0.3 is 12.0 Å². The normalized spacial score (nSPS) is 11.3. The molecule has 0 unspecified atom stereocenters. The van der Waals surface area contributed by atoms with Crippen LogP contribution in [0, 0.1) is 13.8 Å². The number of urea groups is 1. The molecule has 0 aliphatic rings. The number of rotatable bonds is 10. The number of aromatic nitrogens is 2. The summed E-state index contributed by atoms with van der Waals surface area (Å²) in [5.41, 5.74) is 2.17. The van der Waals surface area contributed by atoms with E-state index in [4.69, 9.17) is 4.74 Å². The maximum atomic E-state index is 12.9. The Hall–Kier alpha value is -3.89. The van der Waals surface area contributed by atoms with Gasteiger partial charge in [-0.25, -0.2) is 19.6 Å². The summed E-state index contributed by atoms with van der Waals surface area (Å²) in [6, 6.07) is 5.63. The lowest BCUT2D eigenvalue weighted by Gasteiger charge is -2.20. The third kappa shape index (κ3) is 7.61. The number of nitrogens with one attached hydrogen (secondary N) is 3. The van der Waals surface area contributed by atoms with Gasteiger partial charge in [-0.2, -0.15) is 0 Å². The Bertz CT molecular complexity index is 1000. The van der Waals surface area contributed by atoms with Crippen molar-refractivity contribution in [2.45, 2.75) is 32.7 Å². The summed E-state index contributed by atoms with van der Waals surface area (Å²) in [7, 11) is 4.33. The van der Waals surface area contributed by atoms with Crippen molar-refractivity contribution in [3.8, 4) is 5.75 Å². The molecule has 0 aliphatic carbocycles. The van der Waals surface area contributed by atoms with Crippen LogP contribution < -0.4 is 16.0 Å². The van der Waals surface area contributed by atoms with Gasteiger partial charge in [0.15, 0.2) is 0 Å². The van der Waals surface area contributed by atoms with E-state index in [1.807, 2.05) is 6.07 Å². The lowest BCUT2D eigenvalue weighted by molar-refractivity contribution is -0.142. The molecule has 0 spiro atoms. The number of ether oxygens (including phenoxy) is 1. The Morgan fingerprint density at radius 2 is 1.82 bits per heavy atom. The molecule has 0 bridgehead atoms. The molecule has 34 heavy (non-hydrogen) atoms. The summed E-state index contributed by atoms with van der Waals surface area (Å²) in [5.74, 6) is -0.595. The Morgan fingerprint density at radius 3 is 2.41 bits per heavy atom. The van der Waals surface area contributed by atoms with Crippen molar-refractivity contribution in [2.75, 3.05) is 39.6 Å². The summed E-state index contributed by atoms with van der Waals surface area (Å²) in [6.07, 6.45) is 1.58. The van der Waals surface area contributed by atoms with E-state index in [1.54, 1.807) is 46.1 Å². The third-order valence-corrected chi connectivity index (χ3v) is 4.99. The van der Waals surface area contributed by atoms with Gasteiger partial charge in [0.25, 0.3) is 5.91 Å². The van der Waals surface area contributed by atoms with Gasteiger partial charge in [-0.1, -0.05) is 12.1 Å². The molecule has 2 rings (SSSR count). The first-order chi connectivity index (χ1) is 16.1. The molecular formula is C23H32N6O5. The number of benzene rings is 1. The highest BCUT2D eigenvalue weighted by atomic mass is 16.5. The fraction of sp³-hybridized carbons (Fsp3) is 0.435. The standard InChI is InChI=1S/C23H32N6O5/c1-14-19(20(31)28-18(21(32)34-5)13-25-23(33)29(3)4)15(2)27-22(26-14)24-11-7-9-16-8-6-10-17(30)12-16/h6,8,10,12,18,30H,7,9,11,13H2,1-5H3,(H,25,33)(H,28,31)(H,24,26,27)/t18-/m0/s1. The molecule has 0 saturated carbocycles. The zero-order chi connectivity index (χ0) is 25.3. The van der Waals surface area contributed by atoms with Crippen molar-refractivity contribution in [3.05, 3.63) is 46.8 Å². The van der Waals surface area contributed by atoms with Crippen molar-refractivity contribution in [1.29, 1.82) is 0 Å². The number of nitrogens with zero attached hydrogens (tertiary/aromatic N) is 3. The first-order valence-electron chi connectivity index (χ1n) is 10.8. The van der Waals surface area contributed by atoms with E-state index >= 15 is 0 Å². The SMILES string of the molecule is COC(=O)[C@H](CNC(=O)N(C)C)NC(=O)c1c(C)nc(NCCCc2cccc(O)c2)nc1C. The van der Waals surface area contributed by atoms with E-state index in [9.17, 15) is 19.5 Å². The number of esters is 1. The van der Waals surface area contributed by atoms with Gasteiger partial charge in [-0.15, -0.1) is 0 Å². The van der Waals surface area contributed by atoms with E-state index in [0.29, 0.717) is 23.9 Å². The number of amides is 3. The van der Waals surface area contributed by atoms with Crippen molar-refractivity contribution >= 4 is 23.9 Å². The number of aromatic hydroxyl groups is 1. The van der Waals surface area contributed by atoms with E-state index in [1.165, 1.54) is 12.0 Å². The molecular weight excluding hydrogens is 440 g/mol. The molecule has 2 aromatic rings. The highest BCUT2D eigenvalue weighted by Crippen LogP contribution is 2.15. The quantitative estimate of drug-likeness (QED) is 0.300. The topological polar surface area (TPSA) is 146 Å². The third-order valence-electron chi connectivity index (χ3n) is 4.99. The molecule has 11 heteroatoms. The predicted octanol–water partition coefficient (Wildman–Crippen LogP) is 1.39. The molecule has 0 radical (unpaired) electrons. The van der Waals surface area contributed by atoms with Gasteiger partial charge < -0.3 is 30.7 Å². The van der Waals surface area contributed by atoms with Crippen molar-refractivity contribution in [1.82, 2.24) is 25.5 Å². The van der Waals surface area contributed by atoms with Crippen LogP contribution in [0.25, 0.3) is 0 Å². The molecule has 184 valence electrons. The van der Waals surface area contributed by atoms with Crippen LogP contribution in [0.1, 0.15) is 33.7 Å². The van der Waals surface area contributed by atoms with E-state index < -0.39 is 23.9 Å². The summed E-state index contributed by atoms with van der Waals surface area (Å²) >= 11 is 0. The first kappa shape index (κ1) is 26.4. The average molecular weight is 473 g/mol. The Kier molecular flexibility index (Phi) is 9.60. The van der Waals surface area contributed by atoms with Crippen LogP contribution in [0.3, 0.4) is 0 Å². The number of carbonyl (C=O) groups is 3. The molecule has 1 aromatic carbocycles. The minimum absolute atomic E-state index is 0.132. The smallest absolute Gasteiger partial charge is 0.330 e. The van der Waals surface area contributed by atoms with Crippen molar-refractivity contribution in [3.63, 3.8) is 0 Å². The lowest BCUT2D eigenvalue weighted by Crippen LogP contribution is -2.50. The van der Waals surface area contributed by atoms with Gasteiger partial charge in [-0.05, 0) is 44.4 Å². The van der Waals surface area contributed by atoms with Gasteiger partial charge in [0.1, 0.15) is 11.8 Å². The number of phenols is 1. The number of aryl methyl sites for hydroxylation is 3. The molecule has 0 aliphatic heterocycles. The van der Waals surface area contributed by atoms with Crippen LogP contribution in [-0.4, -0.2) is 78.2 Å². The van der Waals surface area contributed by atoms with Crippen molar-refractivity contribution < 1.29 is 24.2 Å². The summed E-state index contributed by atoms with van der Waals surface area (Å²) in [5, 5.41) is 17.8. The maximum absolute atomic E-state index is 12.9. The summed E-state index contributed by atoms with van der Waals surface area (Å²) in [6.45, 7) is 3.84. The van der Waals surface area contributed by atoms with Gasteiger partial charge in [0.2, 0.25) is 5.95 Å². The number of anilines is 1. The zero-order valence-electron chi connectivity index (χ0n) is 20.1. The molecule has 1 atom stereocenters. The Labute approximate surface area is 198 Å². The monoisotopic (exact) mass is 472 g/mol. The highest BCUT2D eigenvalue weighted by molar-refractivity contribution is 5.98. The Morgan fingerprint density at radius 1 is 1.15 bits per heavy atom. The van der Waals surface area contributed by atoms with Crippen LogP contribution in [0.4, 0.5) is 10.7 Å². The van der Waals surface area contributed by atoms with Gasteiger partial charge in [-0.3, -0.25) is 4.79 Å². The lowest BCUT2D eigenvalue weighted by atomic mass is 10.1. The number of methoxy groups -OCH3 is 1. The summed E-state index contributed by atoms with van der Waals surface area (Å²) in [4.78, 5) is 46.8. The molecule has 4 N–H and O–H groups in total. The maximum Gasteiger partial charge on any atom is 0.330 e. The average Bonchev–Trinajstić information content (AvgIpc) is 2.78. The summed E-state index contributed by atoms with van der Waals surface area (Å²) < 4.78 is 4.74. The molecule has 3 amide bonds. The van der Waals surface area contributed by atoms with Crippen LogP contribution in [0.15, 0.2) is 24.3 Å². The van der Waals surface area contributed by atoms with E-state index in [0.717, 1.165) is 18.4 Å². The minimum atomic E-state index is -1.07. The van der Waals surface area contributed by atoms with Crippen LogP contribution in [0.5, 0.6) is 5.75 Å². The first-order valence-corrected chi connectivity index (χ1v) is 10.8. The number of carbonyl (C=O) groups excluding carboxylic acids is 3. The molecule has 1 heterocycles. The van der Waals surface area contributed by atoms with Gasteiger partial charge in [0.05, 0.1) is 30.6 Å². The van der Waals surface area contributed by atoms with Crippen LogP contribution >= 0.6 is 0 Å². The van der Waals surface area contributed by atoms with Crippen LogP contribution in [0.2, 0.25) is 0 Å². The second-order valence-corrected chi connectivity index (χ2v) is 7.92. The van der Waals surface area contributed by atoms with E-state index in [2.05, 4.69) is 25.9 Å².